The van der Waals surface area contributed by atoms with E-state index in [9.17, 15) is 4.79 Å². The summed E-state index contributed by atoms with van der Waals surface area (Å²) in [4.78, 5) is 15.6. The molecule has 3 nitrogen and oxygen atoms in total. The van der Waals surface area contributed by atoms with Crippen LogP contribution in [0.25, 0.3) is 11.1 Å². The van der Waals surface area contributed by atoms with Crippen molar-refractivity contribution in [3.8, 4) is 11.1 Å². The van der Waals surface area contributed by atoms with Crippen molar-refractivity contribution in [1.29, 1.82) is 0 Å². The molecule has 86 valence electrons. The van der Waals surface area contributed by atoms with Crippen molar-refractivity contribution in [3.05, 3.63) is 52.8 Å². The Labute approximate surface area is 108 Å². The first kappa shape index (κ1) is 11.8. The Hall–Kier alpha value is -1.68. The Kier molecular flexibility index (Phi) is 3.54. The van der Waals surface area contributed by atoms with Crippen molar-refractivity contribution < 1.29 is 4.79 Å². The van der Waals surface area contributed by atoms with Gasteiger partial charge in [0.25, 0.3) is 5.91 Å². The third kappa shape index (κ3) is 2.71. The van der Waals surface area contributed by atoms with Gasteiger partial charge in [-0.25, -0.2) is 0 Å². The van der Waals surface area contributed by atoms with E-state index < -0.39 is 0 Å². The number of nitrogens with zero attached hydrogens (tertiary/aromatic N) is 1. The van der Waals surface area contributed by atoms with E-state index in [0.29, 0.717) is 5.56 Å². The summed E-state index contributed by atoms with van der Waals surface area (Å²) in [6.07, 6.45) is 3.46. The molecule has 0 atom stereocenters. The molecule has 2 aromatic rings. The Morgan fingerprint density at radius 1 is 1.18 bits per heavy atom. The summed E-state index contributed by atoms with van der Waals surface area (Å²) in [6.45, 7) is 0. The minimum absolute atomic E-state index is 0.0957. The fourth-order valence-corrected chi connectivity index (χ4v) is 2.07. The molecule has 0 aliphatic heterocycles. The minimum atomic E-state index is -0.0957. The van der Waals surface area contributed by atoms with Gasteiger partial charge in [-0.05, 0) is 41.5 Å². The maximum Gasteiger partial charge on any atom is 0.251 e. The Balaban J connectivity index is 2.49. The van der Waals surface area contributed by atoms with Crippen LogP contribution in [0.3, 0.4) is 0 Å². The van der Waals surface area contributed by atoms with E-state index in [1.807, 2.05) is 24.3 Å². The number of pyridine rings is 1. The molecule has 0 saturated carbocycles. The van der Waals surface area contributed by atoms with Crippen molar-refractivity contribution in [1.82, 2.24) is 10.3 Å². The first-order valence-corrected chi connectivity index (χ1v) is 5.93. The van der Waals surface area contributed by atoms with Crippen molar-refractivity contribution in [2.75, 3.05) is 7.05 Å². The van der Waals surface area contributed by atoms with Gasteiger partial charge in [0.15, 0.2) is 0 Å². The Bertz CT molecular complexity index is 540. The number of carbonyl (C=O) groups is 1. The molecule has 0 fully saturated rings. The normalized spacial score (nSPS) is 10.0. The zero-order valence-corrected chi connectivity index (χ0v) is 10.9. The zero-order valence-electron chi connectivity index (χ0n) is 9.27. The van der Waals surface area contributed by atoms with Gasteiger partial charge in [0.2, 0.25) is 0 Å². The molecule has 0 unspecified atom stereocenters. The van der Waals surface area contributed by atoms with Crippen LogP contribution in [-0.4, -0.2) is 17.9 Å². The van der Waals surface area contributed by atoms with Crippen LogP contribution in [0.5, 0.6) is 0 Å². The highest BCUT2D eigenvalue weighted by molar-refractivity contribution is 9.10. The smallest absolute Gasteiger partial charge is 0.251 e. The molecule has 4 heteroatoms. The van der Waals surface area contributed by atoms with E-state index in [-0.39, 0.29) is 5.91 Å². The number of carbonyl (C=O) groups excluding carboxylic acids is 1. The van der Waals surface area contributed by atoms with Crippen LogP contribution >= 0.6 is 15.9 Å². The number of nitrogens with one attached hydrogen (secondary N) is 1. The number of benzene rings is 1. The molecule has 0 radical (unpaired) electrons. The molecule has 0 saturated heterocycles. The van der Waals surface area contributed by atoms with Gasteiger partial charge in [-0.2, -0.15) is 0 Å². The monoisotopic (exact) mass is 290 g/mol. The zero-order chi connectivity index (χ0) is 12.3. The summed E-state index contributed by atoms with van der Waals surface area (Å²) >= 11 is 3.41. The van der Waals surface area contributed by atoms with Gasteiger partial charge in [0.05, 0.1) is 0 Å². The standard InChI is InChI=1S/C13H11BrN2O/c1-15-13(17)11-6-10(7-12(14)8-11)9-2-4-16-5-3-9/h2-8H,1H3,(H,15,17). The molecule has 17 heavy (non-hydrogen) atoms. The molecular weight excluding hydrogens is 280 g/mol. The third-order valence-corrected chi connectivity index (χ3v) is 2.86. The molecule has 2 rings (SSSR count). The molecule has 1 aromatic heterocycles. The summed E-state index contributed by atoms with van der Waals surface area (Å²) in [6, 6.07) is 9.45. The average Bonchev–Trinajstić information content (AvgIpc) is 2.38. The SMILES string of the molecule is CNC(=O)c1cc(Br)cc(-c2ccncc2)c1. The number of aromatic nitrogens is 1. The van der Waals surface area contributed by atoms with Crippen molar-refractivity contribution in [2.24, 2.45) is 0 Å². The molecule has 0 aliphatic carbocycles. The van der Waals surface area contributed by atoms with E-state index >= 15 is 0 Å². The molecule has 0 aliphatic rings. The third-order valence-electron chi connectivity index (χ3n) is 2.40. The predicted molar refractivity (Wildman–Crippen MR) is 70.8 cm³/mol. The van der Waals surface area contributed by atoms with E-state index in [4.69, 9.17) is 0 Å². The lowest BCUT2D eigenvalue weighted by Gasteiger charge is -2.06. The van der Waals surface area contributed by atoms with Crippen LogP contribution in [0.1, 0.15) is 10.4 Å². The summed E-state index contributed by atoms with van der Waals surface area (Å²) in [7, 11) is 1.62. The summed E-state index contributed by atoms with van der Waals surface area (Å²) < 4.78 is 0.880. The Morgan fingerprint density at radius 2 is 1.88 bits per heavy atom. The largest absolute Gasteiger partial charge is 0.355 e. The summed E-state index contributed by atoms with van der Waals surface area (Å²) in [5.74, 6) is -0.0957. The van der Waals surface area contributed by atoms with E-state index in [1.165, 1.54) is 0 Å². The fraction of sp³-hybridized carbons (Fsp3) is 0.0769. The van der Waals surface area contributed by atoms with E-state index in [1.54, 1.807) is 25.5 Å². The molecule has 1 N–H and O–H groups in total. The topological polar surface area (TPSA) is 42.0 Å². The highest BCUT2D eigenvalue weighted by atomic mass is 79.9. The second-order valence-electron chi connectivity index (χ2n) is 3.54. The summed E-state index contributed by atoms with van der Waals surface area (Å²) in [5, 5.41) is 2.62. The van der Waals surface area contributed by atoms with Gasteiger partial charge in [-0.1, -0.05) is 15.9 Å². The van der Waals surface area contributed by atoms with Crippen LogP contribution in [0.2, 0.25) is 0 Å². The average molecular weight is 291 g/mol. The second-order valence-corrected chi connectivity index (χ2v) is 4.46. The quantitative estimate of drug-likeness (QED) is 0.924. The highest BCUT2D eigenvalue weighted by Gasteiger charge is 2.07. The highest BCUT2D eigenvalue weighted by Crippen LogP contribution is 2.24. The van der Waals surface area contributed by atoms with Crippen molar-refractivity contribution in [3.63, 3.8) is 0 Å². The van der Waals surface area contributed by atoms with Gasteiger partial charge >= 0.3 is 0 Å². The number of rotatable bonds is 2. The minimum Gasteiger partial charge on any atom is -0.355 e. The van der Waals surface area contributed by atoms with Crippen LogP contribution in [0.4, 0.5) is 0 Å². The number of amides is 1. The van der Waals surface area contributed by atoms with Gasteiger partial charge in [-0.15, -0.1) is 0 Å². The first-order valence-electron chi connectivity index (χ1n) is 5.14. The molecule has 0 bridgehead atoms. The molecular formula is C13H11BrN2O. The van der Waals surface area contributed by atoms with E-state index in [0.717, 1.165) is 15.6 Å². The molecule has 1 heterocycles. The van der Waals surface area contributed by atoms with Crippen molar-refractivity contribution in [2.45, 2.75) is 0 Å². The van der Waals surface area contributed by atoms with Crippen LogP contribution in [0.15, 0.2) is 47.2 Å². The first-order chi connectivity index (χ1) is 8.20. The number of hydrogen-bond donors (Lipinski definition) is 1. The lowest BCUT2D eigenvalue weighted by atomic mass is 10.0. The molecule has 1 aromatic carbocycles. The second kappa shape index (κ2) is 5.10. The Morgan fingerprint density at radius 3 is 2.53 bits per heavy atom. The van der Waals surface area contributed by atoms with Crippen LogP contribution in [0, 0.1) is 0 Å². The number of hydrogen-bond acceptors (Lipinski definition) is 2. The molecule has 0 spiro atoms. The van der Waals surface area contributed by atoms with Crippen LogP contribution < -0.4 is 5.32 Å². The molecule has 1 amide bonds. The van der Waals surface area contributed by atoms with Crippen LogP contribution in [-0.2, 0) is 0 Å². The van der Waals surface area contributed by atoms with Gasteiger partial charge in [0, 0.05) is 29.5 Å². The maximum absolute atomic E-state index is 11.6. The van der Waals surface area contributed by atoms with E-state index in [2.05, 4.69) is 26.2 Å². The van der Waals surface area contributed by atoms with Gasteiger partial charge < -0.3 is 5.32 Å². The fourth-order valence-electron chi connectivity index (χ4n) is 1.58. The lowest BCUT2D eigenvalue weighted by Crippen LogP contribution is -2.17. The maximum atomic E-state index is 11.6. The summed E-state index contributed by atoms with van der Waals surface area (Å²) in [5.41, 5.74) is 2.65. The predicted octanol–water partition coefficient (Wildman–Crippen LogP) is 2.87. The van der Waals surface area contributed by atoms with Gasteiger partial charge in [0.1, 0.15) is 0 Å². The lowest BCUT2D eigenvalue weighted by molar-refractivity contribution is 0.0963. The van der Waals surface area contributed by atoms with Gasteiger partial charge in [-0.3, -0.25) is 9.78 Å². The number of halogens is 1. The van der Waals surface area contributed by atoms with Crippen molar-refractivity contribution >= 4 is 21.8 Å².